The lowest BCUT2D eigenvalue weighted by Gasteiger charge is -2.16. The number of rotatable bonds is 6. The van der Waals surface area contributed by atoms with E-state index < -0.39 is 5.91 Å². The van der Waals surface area contributed by atoms with Gasteiger partial charge in [0.1, 0.15) is 6.61 Å². The van der Waals surface area contributed by atoms with Gasteiger partial charge in [0.25, 0.3) is 5.91 Å². The first-order chi connectivity index (χ1) is 12.3. The second-order valence-electron chi connectivity index (χ2n) is 5.06. The van der Waals surface area contributed by atoms with Gasteiger partial charge in [0.15, 0.2) is 16.6 Å². The number of carbonyl (C=O) groups excluding carboxylic acids is 1. The molecule has 2 rings (SSSR count). The fraction of sp³-hybridized carbons (Fsp3) is 0.176. The summed E-state index contributed by atoms with van der Waals surface area (Å²) in [5, 5.41) is 3.35. The Labute approximate surface area is 180 Å². The van der Waals surface area contributed by atoms with E-state index in [1.807, 2.05) is 6.92 Å². The maximum atomic E-state index is 12.1. The molecule has 9 heteroatoms. The summed E-state index contributed by atoms with van der Waals surface area (Å²) in [6.07, 6.45) is 0. The van der Waals surface area contributed by atoms with Crippen molar-refractivity contribution in [3.8, 4) is 11.5 Å². The standard InChI is InChI=1S/C17H15Cl2IN2O3S/c1-2-24-14-6-10(16(23)22-17(21)26)5-13(20)15(14)25-8-9-3-4-11(18)7-12(9)19/h3-7H,2,8H2,1H3,(H3,21,22,23,26). The van der Waals surface area contributed by atoms with E-state index >= 15 is 0 Å². The molecule has 0 unspecified atom stereocenters. The maximum Gasteiger partial charge on any atom is 0.257 e. The number of ether oxygens (including phenoxy) is 2. The van der Waals surface area contributed by atoms with Crippen LogP contribution in [0.3, 0.4) is 0 Å². The van der Waals surface area contributed by atoms with E-state index in [0.29, 0.717) is 37.3 Å². The zero-order valence-electron chi connectivity index (χ0n) is 13.6. The van der Waals surface area contributed by atoms with Crippen molar-refractivity contribution in [2.75, 3.05) is 6.61 Å². The topological polar surface area (TPSA) is 73.6 Å². The highest BCUT2D eigenvalue weighted by Crippen LogP contribution is 2.35. The molecule has 26 heavy (non-hydrogen) atoms. The van der Waals surface area contributed by atoms with Crippen LogP contribution in [0.15, 0.2) is 30.3 Å². The van der Waals surface area contributed by atoms with E-state index in [-0.39, 0.29) is 11.7 Å². The average molecular weight is 525 g/mol. The van der Waals surface area contributed by atoms with Crippen LogP contribution in [0.25, 0.3) is 0 Å². The van der Waals surface area contributed by atoms with Crippen LogP contribution in [0, 0.1) is 3.57 Å². The summed E-state index contributed by atoms with van der Waals surface area (Å²) < 4.78 is 12.2. The molecule has 0 aliphatic carbocycles. The molecule has 0 aliphatic heterocycles. The van der Waals surface area contributed by atoms with E-state index in [9.17, 15) is 4.79 Å². The molecule has 1 amide bonds. The van der Waals surface area contributed by atoms with E-state index in [2.05, 4.69) is 27.9 Å². The highest BCUT2D eigenvalue weighted by Gasteiger charge is 2.17. The predicted molar refractivity (Wildman–Crippen MR) is 115 cm³/mol. The van der Waals surface area contributed by atoms with Crippen molar-refractivity contribution in [2.24, 2.45) is 5.73 Å². The SMILES string of the molecule is CCOc1cc(C(=O)NC(N)=S)cc(I)c1OCc1ccc(Cl)cc1Cl. The molecule has 2 aromatic carbocycles. The molecule has 0 spiro atoms. The Balaban J connectivity index is 2.29. The molecule has 0 radical (unpaired) electrons. The van der Waals surface area contributed by atoms with Crippen molar-refractivity contribution in [3.63, 3.8) is 0 Å². The fourth-order valence-corrected chi connectivity index (χ4v) is 3.39. The Morgan fingerprint density at radius 3 is 2.62 bits per heavy atom. The van der Waals surface area contributed by atoms with Crippen molar-refractivity contribution in [1.82, 2.24) is 5.32 Å². The summed E-state index contributed by atoms with van der Waals surface area (Å²) in [5.41, 5.74) is 6.50. The molecule has 0 fully saturated rings. The molecule has 2 aromatic rings. The number of nitrogens with one attached hydrogen (secondary N) is 1. The number of amides is 1. The van der Waals surface area contributed by atoms with Gasteiger partial charge in [0.2, 0.25) is 0 Å². The third-order valence-corrected chi connectivity index (χ3v) is 4.69. The van der Waals surface area contributed by atoms with E-state index in [0.717, 1.165) is 5.56 Å². The van der Waals surface area contributed by atoms with Gasteiger partial charge in [-0.3, -0.25) is 10.1 Å². The van der Waals surface area contributed by atoms with Gasteiger partial charge >= 0.3 is 0 Å². The summed E-state index contributed by atoms with van der Waals surface area (Å²) >= 11 is 18.9. The first kappa shape index (κ1) is 21.0. The molecular formula is C17H15Cl2IN2O3S. The smallest absolute Gasteiger partial charge is 0.257 e. The molecular weight excluding hydrogens is 510 g/mol. The van der Waals surface area contributed by atoms with E-state index in [1.54, 1.807) is 30.3 Å². The van der Waals surface area contributed by atoms with Crippen LogP contribution >= 0.6 is 58.0 Å². The van der Waals surface area contributed by atoms with Crippen LogP contribution in [0.5, 0.6) is 11.5 Å². The lowest BCUT2D eigenvalue weighted by molar-refractivity contribution is 0.0977. The summed E-state index contributed by atoms with van der Waals surface area (Å²) in [7, 11) is 0. The highest BCUT2D eigenvalue weighted by molar-refractivity contribution is 14.1. The second-order valence-corrected chi connectivity index (χ2v) is 7.51. The van der Waals surface area contributed by atoms with Crippen molar-refractivity contribution >= 4 is 69.0 Å². The molecule has 138 valence electrons. The Bertz CT molecular complexity index is 849. The van der Waals surface area contributed by atoms with Gasteiger partial charge in [-0.15, -0.1) is 0 Å². The number of thiocarbonyl (C=S) groups is 1. The first-order valence-corrected chi connectivity index (χ1v) is 9.70. The van der Waals surface area contributed by atoms with E-state index in [4.69, 9.17) is 50.6 Å². The molecule has 0 heterocycles. The Hall–Kier alpha value is -1.29. The minimum absolute atomic E-state index is 0.0966. The minimum Gasteiger partial charge on any atom is -0.490 e. The zero-order chi connectivity index (χ0) is 19.3. The number of carbonyl (C=O) groups is 1. The van der Waals surface area contributed by atoms with Gasteiger partial charge in [0.05, 0.1) is 10.2 Å². The summed E-state index contributed by atoms with van der Waals surface area (Å²) in [6.45, 7) is 2.48. The largest absolute Gasteiger partial charge is 0.490 e. The molecule has 5 nitrogen and oxygen atoms in total. The predicted octanol–water partition coefficient (Wildman–Crippen LogP) is 4.55. The van der Waals surface area contributed by atoms with Gasteiger partial charge < -0.3 is 15.2 Å². The number of halogens is 3. The van der Waals surface area contributed by atoms with Crippen molar-refractivity contribution in [1.29, 1.82) is 0 Å². The number of benzene rings is 2. The molecule has 0 atom stereocenters. The summed E-state index contributed by atoms with van der Waals surface area (Å²) in [4.78, 5) is 12.1. The van der Waals surface area contributed by atoms with Crippen LogP contribution in [0.4, 0.5) is 0 Å². The second kappa shape index (κ2) is 9.59. The minimum atomic E-state index is -0.413. The lowest BCUT2D eigenvalue weighted by atomic mass is 10.2. The number of hydrogen-bond acceptors (Lipinski definition) is 4. The van der Waals surface area contributed by atoms with Gasteiger partial charge in [-0.2, -0.15) is 0 Å². The van der Waals surface area contributed by atoms with Crippen molar-refractivity contribution in [3.05, 3.63) is 55.1 Å². The quantitative estimate of drug-likeness (QED) is 0.428. The first-order valence-electron chi connectivity index (χ1n) is 7.45. The Kier molecular flexibility index (Phi) is 7.75. The summed E-state index contributed by atoms with van der Waals surface area (Å²) in [5.74, 6) is 0.548. The van der Waals surface area contributed by atoms with Gasteiger partial charge in [-0.25, -0.2) is 0 Å². The maximum absolute atomic E-state index is 12.1. The van der Waals surface area contributed by atoms with Crippen LogP contribution < -0.4 is 20.5 Å². The summed E-state index contributed by atoms with van der Waals surface area (Å²) in [6, 6.07) is 8.43. The van der Waals surface area contributed by atoms with E-state index in [1.165, 1.54) is 0 Å². The third kappa shape index (κ3) is 5.60. The molecule has 0 saturated heterocycles. The lowest BCUT2D eigenvalue weighted by Crippen LogP contribution is -2.34. The number of nitrogens with two attached hydrogens (primary N) is 1. The normalized spacial score (nSPS) is 10.3. The van der Waals surface area contributed by atoms with Gasteiger partial charge in [-0.05, 0) is 66.0 Å². The molecule has 0 aliphatic rings. The van der Waals surface area contributed by atoms with Crippen LogP contribution in [-0.2, 0) is 6.61 Å². The van der Waals surface area contributed by atoms with Crippen LogP contribution in [0.1, 0.15) is 22.8 Å². The van der Waals surface area contributed by atoms with Crippen molar-refractivity contribution < 1.29 is 14.3 Å². The number of hydrogen-bond donors (Lipinski definition) is 2. The molecule has 0 saturated carbocycles. The van der Waals surface area contributed by atoms with Crippen molar-refractivity contribution in [2.45, 2.75) is 13.5 Å². The average Bonchev–Trinajstić information content (AvgIpc) is 2.55. The Morgan fingerprint density at radius 1 is 1.27 bits per heavy atom. The Morgan fingerprint density at radius 2 is 2.00 bits per heavy atom. The molecule has 0 aromatic heterocycles. The molecule has 3 N–H and O–H groups in total. The zero-order valence-corrected chi connectivity index (χ0v) is 18.1. The van der Waals surface area contributed by atoms with Gasteiger partial charge in [0, 0.05) is 21.2 Å². The van der Waals surface area contributed by atoms with Crippen LogP contribution in [-0.4, -0.2) is 17.6 Å². The van der Waals surface area contributed by atoms with Gasteiger partial charge in [-0.1, -0.05) is 29.3 Å². The highest BCUT2D eigenvalue weighted by atomic mass is 127. The molecule has 0 bridgehead atoms. The monoisotopic (exact) mass is 524 g/mol. The third-order valence-electron chi connectivity index (χ3n) is 3.20. The fourth-order valence-electron chi connectivity index (χ4n) is 2.07. The van der Waals surface area contributed by atoms with Crippen LogP contribution in [0.2, 0.25) is 10.0 Å².